The molecule has 1 atom stereocenters. The van der Waals surface area contributed by atoms with E-state index >= 15 is 0 Å². The smallest absolute Gasteiger partial charge is 0.340 e. The largest absolute Gasteiger partial charge is 0.495 e. The van der Waals surface area contributed by atoms with Gasteiger partial charge in [0.2, 0.25) is 19.5 Å². The van der Waals surface area contributed by atoms with E-state index in [-0.39, 0.29) is 76.7 Å². The quantitative estimate of drug-likeness (QED) is 0.0144. The predicted molar refractivity (Wildman–Crippen MR) is 291 cm³/mol. The van der Waals surface area contributed by atoms with Gasteiger partial charge in [-0.1, -0.05) is 18.9 Å². The van der Waals surface area contributed by atoms with Crippen molar-refractivity contribution in [3.63, 3.8) is 0 Å². The van der Waals surface area contributed by atoms with Gasteiger partial charge in [0, 0.05) is 100 Å². The van der Waals surface area contributed by atoms with Crippen molar-refractivity contribution in [2.75, 3.05) is 96.4 Å². The lowest BCUT2D eigenvalue weighted by Gasteiger charge is -2.38. The number of methoxy groups -OCH3 is 1. The topological polar surface area (TPSA) is 286 Å². The second kappa shape index (κ2) is 30.5. The zero-order chi connectivity index (χ0) is 59.3. The number of carbonyl (C=O) groups is 9. The number of fused-ring (bicyclic) bond motifs is 6. The highest BCUT2D eigenvalue weighted by molar-refractivity contribution is 6.17. The Labute approximate surface area is 477 Å². The molecular weight excluding hydrogens is 1100 g/mol. The second-order valence-corrected chi connectivity index (χ2v) is 19.0. The zero-order valence-electron chi connectivity index (χ0n) is 46.3. The first kappa shape index (κ1) is 62.9. The van der Waals surface area contributed by atoms with Crippen LogP contribution in [0.5, 0.6) is 28.7 Å². The molecule has 82 heavy (non-hydrogen) atoms. The Kier molecular flexibility index (Phi) is 23.4. The maximum absolute atomic E-state index is 14.3. The van der Waals surface area contributed by atoms with Gasteiger partial charge in [0.15, 0.2) is 5.60 Å². The van der Waals surface area contributed by atoms with Gasteiger partial charge in [-0.25, -0.2) is 4.79 Å². The van der Waals surface area contributed by atoms with Crippen molar-refractivity contribution in [3.05, 3.63) is 100 Å². The zero-order valence-corrected chi connectivity index (χ0v) is 47.1. The molecule has 0 saturated heterocycles. The van der Waals surface area contributed by atoms with Gasteiger partial charge in [-0.3, -0.25) is 38.4 Å². The van der Waals surface area contributed by atoms with Gasteiger partial charge in [0.05, 0.1) is 43.7 Å². The van der Waals surface area contributed by atoms with Crippen molar-refractivity contribution < 1.29 is 95.3 Å². The van der Waals surface area contributed by atoms with Crippen LogP contribution in [0.15, 0.2) is 66.7 Å². The molecule has 0 aromatic heterocycles. The number of halogens is 1. The summed E-state index contributed by atoms with van der Waals surface area (Å²) in [4.78, 5) is 117. The number of hydrogen-bond acceptors (Lipinski definition) is 22. The van der Waals surface area contributed by atoms with E-state index in [0.717, 1.165) is 39.5 Å². The molecule has 2 amide bonds. The van der Waals surface area contributed by atoms with E-state index in [1.54, 1.807) is 37.4 Å². The number of nitrogens with zero attached hydrogens (tertiary/aromatic N) is 2. The number of carbonyl (C=O) groups excluding carboxylic acids is 9. The van der Waals surface area contributed by atoms with Crippen LogP contribution in [0.25, 0.3) is 0 Å². The number of benzene rings is 4. The third-order valence-electron chi connectivity index (χ3n) is 12.4. The Hall–Kier alpha value is -8.32. The van der Waals surface area contributed by atoms with Gasteiger partial charge in [-0.2, -0.15) is 0 Å². The molecule has 2 aliphatic rings. The summed E-state index contributed by atoms with van der Waals surface area (Å²) < 4.78 is 60.3. The molecule has 440 valence electrons. The summed E-state index contributed by atoms with van der Waals surface area (Å²) in [7, 11) is 3.05. The summed E-state index contributed by atoms with van der Waals surface area (Å²) in [6, 6.07) is 16.5. The Balaban J connectivity index is 1.23. The minimum Gasteiger partial charge on any atom is -0.495 e. The SMILES string of the molecule is COc1cc(C(=O)Nc2ccc3c(c2)C(=O)OC32c3ccc(OC(C)=O)cc3Oc3c2ccc(OC(C)=O)c3CN(C)CCC(=O)NCCOCCOCCCCCCCl)ccc1N(CC(=O)OCOC(C)=O)CC(=O)OCOC(C)=O. The lowest BCUT2D eigenvalue weighted by molar-refractivity contribution is -0.165. The van der Waals surface area contributed by atoms with E-state index in [0.29, 0.717) is 61.1 Å². The van der Waals surface area contributed by atoms with E-state index in [9.17, 15) is 43.2 Å². The van der Waals surface area contributed by atoms with Crippen molar-refractivity contribution in [3.8, 4) is 28.7 Å². The van der Waals surface area contributed by atoms with Crippen molar-refractivity contribution in [2.45, 2.75) is 71.9 Å². The van der Waals surface area contributed by atoms with E-state index in [1.165, 1.54) is 62.3 Å². The van der Waals surface area contributed by atoms with Crippen LogP contribution in [-0.4, -0.2) is 145 Å². The summed E-state index contributed by atoms with van der Waals surface area (Å²) in [5, 5.41) is 5.64. The first-order valence-electron chi connectivity index (χ1n) is 26.1. The van der Waals surface area contributed by atoms with Crippen LogP contribution in [0, 0.1) is 0 Å². The monoisotopic (exact) mass is 1160 g/mol. The van der Waals surface area contributed by atoms with Crippen molar-refractivity contribution in [1.29, 1.82) is 0 Å². The van der Waals surface area contributed by atoms with E-state index in [4.69, 9.17) is 54.2 Å². The van der Waals surface area contributed by atoms with Crippen LogP contribution >= 0.6 is 11.6 Å². The molecule has 2 N–H and O–H groups in total. The third-order valence-corrected chi connectivity index (χ3v) is 12.7. The van der Waals surface area contributed by atoms with E-state index in [1.807, 2.05) is 4.90 Å². The Morgan fingerprint density at radius 3 is 1.99 bits per heavy atom. The van der Waals surface area contributed by atoms with Gasteiger partial charge in [0.1, 0.15) is 41.8 Å². The third kappa shape index (κ3) is 17.3. The van der Waals surface area contributed by atoms with Crippen LogP contribution in [0.2, 0.25) is 0 Å². The van der Waals surface area contributed by atoms with Crippen LogP contribution in [0.4, 0.5) is 11.4 Å². The molecule has 0 fully saturated rings. The van der Waals surface area contributed by atoms with Crippen LogP contribution in [0.3, 0.4) is 0 Å². The van der Waals surface area contributed by atoms with Crippen molar-refractivity contribution in [2.24, 2.45) is 0 Å². The maximum atomic E-state index is 14.3. The Morgan fingerprint density at radius 2 is 1.33 bits per heavy atom. The molecule has 6 rings (SSSR count). The first-order chi connectivity index (χ1) is 39.3. The molecule has 0 radical (unpaired) electrons. The normalized spacial score (nSPS) is 13.5. The number of unbranched alkanes of at least 4 members (excludes halogenated alkanes) is 3. The van der Waals surface area contributed by atoms with Crippen LogP contribution < -0.4 is 34.5 Å². The summed E-state index contributed by atoms with van der Waals surface area (Å²) in [5.74, 6) is -4.95. The first-order valence-corrected chi connectivity index (χ1v) is 26.6. The van der Waals surface area contributed by atoms with Crippen molar-refractivity contribution >= 4 is 76.6 Å². The Morgan fingerprint density at radius 1 is 0.671 bits per heavy atom. The molecule has 2 aliphatic heterocycles. The molecule has 0 bridgehead atoms. The standard InChI is InChI=1S/C57H65ClN4O20/c1-35(63)75-33-77-52(68)31-62(32-53(69)78-34-76-36(2)64)47-17-11-39(27-50(47)72-6)55(70)60-40-12-14-44-42(28-40)56(71)82-57(44)45-15-13-41(79-37(3)65)29-49(45)81-54-43(48(80-38(4)66)18-16-46(54)57)30-61(5)22-19-51(67)59-21-24-74-26-25-73-23-10-8-7-9-20-58/h11-18,27-29H,7-10,19-26,30-34H2,1-6H3,(H,59,67)(H,60,70). The minimum atomic E-state index is -1.72. The fourth-order valence-electron chi connectivity index (χ4n) is 8.75. The number of alkyl halides is 1. The molecule has 25 heteroatoms. The van der Waals surface area contributed by atoms with Gasteiger partial charge < -0.3 is 72.5 Å². The summed E-state index contributed by atoms with van der Waals surface area (Å²) in [6.45, 7) is 4.54. The second-order valence-electron chi connectivity index (χ2n) is 18.6. The van der Waals surface area contributed by atoms with E-state index < -0.39 is 80.0 Å². The molecule has 0 aliphatic carbocycles. The summed E-state index contributed by atoms with van der Waals surface area (Å²) in [6.07, 6.45) is 4.18. The van der Waals surface area contributed by atoms with Gasteiger partial charge >= 0.3 is 41.8 Å². The van der Waals surface area contributed by atoms with Crippen LogP contribution in [-0.2, 0) is 78.9 Å². The van der Waals surface area contributed by atoms with Gasteiger partial charge in [-0.15, -0.1) is 11.6 Å². The average Bonchev–Trinajstić information content (AvgIpc) is 1.65. The minimum absolute atomic E-state index is 0.0178. The summed E-state index contributed by atoms with van der Waals surface area (Å²) in [5.41, 5.74) is 0.0551. The fraction of sp³-hybridized carbons (Fsp3) is 0.421. The molecule has 4 aromatic rings. The number of nitrogens with one attached hydrogen (secondary N) is 2. The van der Waals surface area contributed by atoms with Gasteiger partial charge in [0.25, 0.3) is 5.91 Å². The molecular formula is C57H65ClN4O20. The number of hydrogen-bond donors (Lipinski definition) is 2. The average molecular weight is 1160 g/mol. The highest BCUT2D eigenvalue weighted by Crippen LogP contribution is 2.58. The lowest BCUT2D eigenvalue weighted by Crippen LogP contribution is -2.37. The molecule has 2 heterocycles. The number of esters is 7. The number of ether oxygens (including phenoxy) is 11. The molecule has 0 saturated carbocycles. The molecule has 1 unspecified atom stereocenters. The highest BCUT2D eigenvalue weighted by atomic mass is 35.5. The Bertz CT molecular complexity index is 2970. The fourth-order valence-corrected chi connectivity index (χ4v) is 8.94. The maximum Gasteiger partial charge on any atom is 0.340 e. The van der Waals surface area contributed by atoms with Crippen molar-refractivity contribution in [1.82, 2.24) is 10.2 Å². The number of anilines is 2. The lowest BCUT2D eigenvalue weighted by atomic mass is 9.77. The molecule has 24 nitrogen and oxygen atoms in total. The van der Waals surface area contributed by atoms with E-state index in [2.05, 4.69) is 20.1 Å². The predicted octanol–water partition coefficient (Wildman–Crippen LogP) is 6.07. The van der Waals surface area contributed by atoms with Gasteiger partial charge in [-0.05, 0) is 74.5 Å². The van der Waals surface area contributed by atoms with Crippen LogP contribution in [0.1, 0.15) is 103 Å². The summed E-state index contributed by atoms with van der Waals surface area (Å²) >= 11 is 5.72. The molecule has 4 aromatic carbocycles. The number of rotatable bonds is 31. The number of amides is 2. The molecule has 1 spiro atoms. The highest BCUT2D eigenvalue weighted by Gasteiger charge is 2.54.